The third kappa shape index (κ3) is 4.95. The van der Waals surface area contributed by atoms with E-state index in [0.717, 1.165) is 12.1 Å². The van der Waals surface area contributed by atoms with E-state index >= 15 is 0 Å². The quantitative estimate of drug-likeness (QED) is 0.510. The van der Waals surface area contributed by atoms with Crippen LogP contribution in [0.2, 0.25) is 0 Å². The van der Waals surface area contributed by atoms with E-state index in [2.05, 4.69) is 0 Å². The second kappa shape index (κ2) is 9.06. The highest BCUT2D eigenvalue weighted by Crippen LogP contribution is 2.33. The Morgan fingerprint density at radius 1 is 0.969 bits per heavy atom. The van der Waals surface area contributed by atoms with Crippen molar-refractivity contribution >= 4 is 17.8 Å². The van der Waals surface area contributed by atoms with E-state index in [1.807, 2.05) is 0 Å². The van der Waals surface area contributed by atoms with Crippen LogP contribution in [0.5, 0.6) is 11.5 Å². The fourth-order valence-corrected chi connectivity index (χ4v) is 3.89. The Balaban J connectivity index is 1.34. The molecule has 2 aliphatic heterocycles. The summed E-state index contributed by atoms with van der Waals surface area (Å²) in [5.74, 6) is 0.713. The van der Waals surface area contributed by atoms with E-state index in [1.165, 1.54) is 24.3 Å². The molecule has 5 nitrogen and oxygen atoms in total. The molecule has 2 aromatic rings. The van der Waals surface area contributed by atoms with Crippen LogP contribution >= 0.6 is 0 Å². The number of amides is 1. The van der Waals surface area contributed by atoms with Gasteiger partial charge >= 0.3 is 6.18 Å². The lowest BCUT2D eigenvalue weighted by Gasteiger charge is -2.30. The fraction of sp³-hybridized carbons (Fsp3) is 0.333. The molecule has 1 saturated heterocycles. The third-order valence-electron chi connectivity index (χ3n) is 5.64. The number of fused-ring (bicyclic) bond motifs is 1. The van der Waals surface area contributed by atoms with Crippen LogP contribution in [0.25, 0.3) is 6.08 Å². The summed E-state index contributed by atoms with van der Waals surface area (Å²) in [6.07, 6.45) is -0.727. The molecule has 0 N–H and O–H groups in total. The topological polar surface area (TPSA) is 55.8 Å². The number of halogens is 3. The molecule has 0 atom stereocenters. The maximum absolute atomic E-state index is 12.9. The molecule has 8 heteroatoms. The molecule has 32 heavy (non-hydrogen) atoms. The molecule has 168 valence electrons. The number of likely N-dealkylation sites (tertiary alicyclic amines) is 1. The smallest absolute Gasteiger partial charge is 0.416 e. The van der Waals surface area contributed by atoms with Crippen molar-refractivity contribution in [2.24, 2.45) is 5.92 Å². The third-order valence-corrected chi connectivity index (χ3v) is 5.64. The lowest BCUT2D eigenvalue weighted by molar-refractivity contribution is -0.137. The first-order chi connectivity index (χ1) is 15.3. The standard InChI is InChI=1S/C24H22F3NO4/c25-24(26,27)19-3-1-2-16(14-19)4-7-22(29)28-10-8-17(9-11-28)23(30)18-5-6-20-21(15-18)32-13-12-31-20/h1-7,14-15,17H,8-13H2. The number of benzene rings is 2. The lowest BCUT2D eigenvalue weighted by atomic mass is 9.88. The Morgan fingerprint density at radius 3 is 2.41 bits per heavy atom. The second-order valence-corrected chi connectivity index (χ2v) is 7.78. The highest BCUT2D eigenvalue weighted by Gasteiger charge is 2.30. The van der Waals surface area contributed by atoms with Crippen molar-refractivity contribution < 1.29 is 32.2 Å². The van der Waals surface area contributed by atoms with E-state index in [0.29, 0.717) is 61.8 Å². The highest BCUT2D eigenvalue weighted by molar-refractivity contribution is 5.99. The molecule has 2 aliphatic rings. The molecule has 2 aromatic carbocycles. The molecule has 1 fully saturated rings. The zero-order valence-electron chi connectivity index (χ0n) is 17.2. The minimum absolute atomic E-state index is 0.00794. The number of rotatable bonds is 4. The van der Waals surface area contributed by atoms with Gasteiger partial charge in [0.1, 0.15) is 13.2 Å². The largest absolute Gasteiger partial charge is 0.486 e. The van der Waals surface area contributed by atoms with Crippen molar-refractivity contribution in [2.45, 2.75) is 19.0 Å². The summed E-state index contributed by atoms with van der Waals surface area (Å²) in [5.41, 5.74) is 0.103. The Morgan fingerprint density at radius 2 is 1.69 bits per heavy atom. The Kier molecular flexibility index (Phi) is 6.21. The predicted octanol–water partition coefficient (Wildman–Crippen LogP) is 4.61. The number of Topliss-reactive ketones (excluding diaryl/α,β-unsaturated/α-hetero) is 1. The normalized spacial score (nSPS) is 16.9. The molecular weight excluding hydrogens is 423 g/mol. The van der Waals surface area contributed by atoms with Gasteiger partial charge in [-0.15, -0.1) is 0 Å². The van der Waals surface area contributed by atoms with E-state index in [4.69, 9.17) is 9.47 Å². The van der Waals surface area contributed by atoms with Gasteiger partial charge in [0, 0.05) is 30.6 Å². The zero-order chi connectivity index (χ0) is 22.7. The maximum Gasteiger partial charge on any atom is 0.416 e. The minimum atomic E-state index is -4.43. The van der Waals surface area contributed by atoms with Crippen LogP contribution in [-0.2, 0) is 11.0 Å². The van der Waals surface area contributed by atoms with Crippen LogP contribution in [0, 0.1) is 5.92 Å². The number of hydrogen-bond donors (Lipinski definition) is 0. The van der Waals surface area contributed by atoms with Crippen LogP contribution in [0.1, 0.15) is 34.3 Å². The van der Waals surface area contributed by atoms with Gasteiger partial charge in [0.25, 0.3) is 0 Å². The molecule has 0 bridgehead atoms. The van der Waals surface area contributed by atoms with Crippen LogP contribution in [0.3, 0.4) is 0 Å². The van der Waals surface area contributed by atoms with Crippen molar-refractivity contribution in [3.63, 3.8) is 0 Å². The number of carbonyl (C=O) groups excluding carboxylic acids is 2. The number of hydrogen-bond acceptors (Lipinski definition) is 4. The lowest BCUT2D eigenvalue weighted by Crippen LogP contribution is -2.39. The van der Waals surface area contributed by atoms with Gasteiger partial charge in [-0.2, -0.15) is 13.2 Å². The van der Waals surface area contributed by atoms with Crippen molar-refractivity contribution in [1.82, 2.24) is 4.90 Å². The van der Waals surface area contributed by atoms with Crippen LogP contribution in [0.15, 0.2) is 48.5 Å². The molecule has 0 spiro atoms. The van der Waals surface area contributed by atoms with Gasteiger partial charge in [-0.25, -0.2) is 0 Å². The summed E-state index contributed by atoms with van der Waals surface area (Å²) >= 11 is 0. The van der Waals surface area contributed by atoms with Gasteiger partial charge in [0.15, 0.2) is 17.3 Å². The van der Waals surface area contributed by atoms with Crippen LogP contribution in [0.4, 0.5) is 13.2 Å². The highest BCUT2D eigenvalue weighted by atomic mass is 19.4. The molecule has 0 radical (unpaired) electrons. The summed E-state index contributed by atoms with van der Waals surface area (Å²) in [4.78, 5) is 27.0. The Bertz CT molecular complexity index is 1040. The van der Waals surface area contributed by atoms with Crippen molar-refractivity contribution in [3.8, 4) is 11.5 Å². The molecule has 1 amide bonds. The van der Waals surface area contributed by atoms with E-state index < -0.39 is 11.7 Å². The molecule has 0 aliphatic carbocycles. The molecule has 2 heterocycles. The number of carbonyl (C=O) groups is 2. The molecular formula is C24H22F3NO4. The van der Waals surface area contributed by atoms with Gasteiger partial charge in [-0.05, 0) is 54.8 Å². The minimum Gasteiger partial charge on any atom is -0.486 e. The molecule has 0 aromatic heterocycles. The van der Waals surface area contributed by atoms with Gasteiger partial charge in [0.2, 0.25) is 5.91 Å². The number of alkyl halides is 3. The Hall–Kier alpha value is -3.29. The van der Waals surface area contributed by atoms with E-state index in [9.17, 15) is 22.8 Å². The number of ketones is 1. The summed E-state index contributed by atoms with van der Waals surface area (Å²) in [6.45, 7) is 1.74. The average Bonchev–Trinajstić information content (AvgIpc) is 2.81. The first-order valence-electron chi connectivity index (χ1n) is 10.4. The second-order valence-electron chi connectivity index (χ2n) is 7.78. The maximum atomic E-state index is 12.9. The average molecular weight is 445 g/mol. The summed E-state index contributed by atoms with van der Waals surface area (Å²) in [6, 6.07) is 9.97. The number of nitrogens with zero attached hydrogens (tertiary/aromatic N) is 1. The van der Waals surface area contributed by atoms with Crippen LogP contribution in [-0.4, -0.2) is 42.9 Å². The summed E-state index contributed by atoms with van der Waals surface area (Å²) < 4.78 is 49.5. The van der Waals surface area contributed by atoms with Crippen molar-refractivity contribution in [1.29, 1.82) is 0 Å². The van der Waals surface area contributed by atoms with Crippen LogP contribution < -0.4 is 9.47 Å². The summed E-state index contributed by atoms with van der Waals surface area (Å²) in [5, 5.41) is 0. The first-order valence-corrected chi connectivity index (χ1v) is 10.4. The van der Waals surface area contributed by atoms with Gasteiger partial charge < -0.3 is 14.4 Å². The van der Waals surface area contributed by atoms with Gasteiger partial charge in [0.05, 0.1) is 5.56 Å². The monoisotopic (exact) mass is 445 g/mol. The predicted molar refractivity (Wildman–Crippen MR) is 112 cm³/mol. The molecule has 4 rings (SSSR count). The fourth-order valence-electron chi connectivity index (χ4n) is 3.89. The SMILES string of the molecule is O=C(c1ccc2c(c1)OCCO2)C1CCN(C(=O)C=Cc2cccc(C(F)(F)F)c2)CC1. The van der Waals surface area contributed by atoms with E-state index in [1.54, 1.807) is 23.1 Å². The van der Waals surface area contributed by atoms with E-state index in [-0.39, 0.29) is 17.6 Å². The number of ether oxygens (including phenoxy) is 2. The number of piperidine rings is 1. The molecule has 0 unspecified atom stereocenters. The van der Waals surface area contributed by atoms with Crippen molar-refractivity contribution in [3.05, 3.63) is 65.2 Å². The zero-order valence-corrected chi connectivity index (χ0v) is 17.2. The van der Waals surface area contributed by atoms with Gasteiger partial charge in [-0.3, -0.25) is 9.59 Å². The molecule has 0 saturated carbocycles. The summed E-state index contributed by atoms with van der Waals surface area (Å²) in [7, 11) is 0. The first kappa shape index (κ1) is 21.9. The van der Waals surface area contributed by atoms with Gasteiger partial charge in [-0.1, -0.05) is 12.1 Å². The van der Waals surface area contributed by atoms with Crippen molar-refractivity contribution in [2.75, 3.05) is 26.3 Å². The Labute approximate surface area is 183 Å².